The lowest BCUT2D eigenvalue weighted by Crippen LogP contribution is -2.48. The van der Waals surface area contributed by atoms with Gasteiger partial charge in [-0.1, -0.05) is 55.8 Å². The quantitative estimate of drug-likeness (QED) is 0.581. The minimum atomic E-state index is -1.46. The highest BCUT2D eigenvalue weighted by Crippen LogP contribution is 2.40. The van der Waals surface area contributed by atoms with Gasteiger partial charge in [0.15, 0.2) is 0 Å². The third kappa shape index (κ3) is 2.90. The van der Waals surface area contributed by atoms with Crippen LogP contribution in [-0.4, -0.2) is 33.6 Å². The molecule has 3 rings (SSSR count). The van der Waals surface area contributed by atoms with E-state index in [0.717, 1.165) is 0 Å². The molecule has 144 valence electrons. The lowest BCUT2D eigenvalue weighted by Gasteiger charge is -2.24. The number of rotatable bonds is 4. The van der Waals surface area contributed by atoms with Crippen LogP contribution >= 0.6 is 11.6 Å². The summed E-state index contributed by atoms with van der Waals surface area (Å²) in [5.41, 5.74) is -1.22. The van der Waals surface area contributed by atoms with Gasteiger partial charge in [0, 0.05) is 5.56 Å². The Kier molecular flexibility index (Phi) is 5.34. The van der Waals surface area contributed by atoms with Crippen LogP contribution in [0.25, 0.3) is 0 Å². The summed E-state index contributed by atoms with van der Waals surface area (Å²) in [4.78, 5) is 52.7. The van der Waals surface area contributed by atoms with Crippen LogP contribution in [-0.2, 0) is 9.59 Å². The second kappa shape index (κ2) is 7.56. The standard InChI is InChI=1S/C21H19ClN2O4/c1-3-21(4-2)19(27)23(17(25)14-10-6-5-7-11-14)24(20(21)28)18(26)15-12-8-9-13-16(15)22/h5-13H,3-4H2,1-2H3. The van der Waals surface area contributed by atoms with E-state index < -0.39 is 29.0 Å². The van der Waals surface area contributed by atoms with Crippen molar-refractivity contribution in [2.24, 2.45) is 5.41 Å². The zero-order valence-corrected chi connectivity index (χ0v) is 16.3. The number of nitrogens with zero attached hydrogens (tertiary/aromatic N) is 2. The number of hydrogen-bond donors (Lipinski definition) is 0. The van der Waals surface area contributed by atoms with Gasteiger partial charge in [0.2, 0.25) is 0 Å². The second-order valence-electron chi connectivity index (χ2n) is 6.48. The van der Waals surface area contributed by atoms with E-state index in [1.54, 1.807) is 44.2 Å². The summed E-state index contributed by atoms with van der Waals surface area (Å²) in [6, 6.07) is 14.3. The molecule has 0 unspecified atom stereocenters. The smallest absolute Gasteiger partial charge is 0.271 e. The molecule has 0 aliphatic carbocycles. The molecule has 0 bridgehead atoms. The van der Waals surface area contributed by atoms with Gasteiger partial charge in [-0.15, -0.1) is 0 Å². The molecule has 1 heterocycles. The van der Waals surface area contributed by atoms with Crippen LogP contribution < -0.4 is 0 Å². The molecule has 6 nitrogen and oxygen atoms in total. The largest absolute Gasteiger partial charge is 0.281 e. The molecule has 1 aliphatic heterocycles. The fraction of sp³-hybridized carbons (Fsp3) is 0.238. The van der Waals surface area contributed by atoms with Gasteiger partial charge >= 0.3 is 0 Å². The van der Waals surface area contributed by atoms with Gasteiger partial charge in [0.05, 0.1) is 10.6 Å². The molecule has 0 radical (unpaired) electrons. The SMILES string of the molecule is CCC1(CC)C(=O)N(C(=O)c2ccccc2)N(C(=O)c2ccccc2Cl)C1=O. The fourth-order valence-corrected chi connectivity index (χ4v) is 3.57. The first-order valence-corrected chi connectivity index (χ1v) is 9.34. The minimum absolute atomic E-state index is 0.0409. The monoisotopic (exact) mass is 398 g/mol. The highest BCUT2D eigenvalue weighted by atomic mass is 35.5. The van der Waals surface area contributed by atoms with Crippen molar-refractivity contribution in [3.05, 3.63) is 70.7 Å². The van der Waals surface area contributed by atoms with E-state index in [4.69, 9.17) is 11.6 Å². The Bertz CT molecular complexity index is 954. The van der Waals surface area contributed by atoms with Crippen LogP contribution in [0.1, 0.15) is 47.4 Å². The Hall–Kier alpha value is -2.99. The molecule has 0 aromatic heterocycles. The van der Waals surface area contributed by atoms with Gasteiger partial charge in [-0.25, -0.2) is 0 Å². The maximum atomic E-state index is 13.2. The van der Waals surface area contributed by atoms with Gasteiger partial charge in [-0.05, 0) is 37.1 Å². The molecule has 28 heavy (non-hydrogen) atoms. The molecule has 0 saturated carbocycles. The van der Waals surface area contributed by atoms with Gasteiger partial charge in [-0.3, -0.25) is 19.2 Å². The van der Waals surface area contributed by atoms with E-state index in [0.29, 0.717) is 10.0 Å². The van der Waals surface area contributed by atoms with Crippen molar-refractivity contribution < 1.29 is 19.2 Å². The normalized spacial score (nSPS) is 15.8. The number of amides is 4. The van der Waals surface area contributed by atoms with Gasteiger partial charge in [0.25, 0.3) is 23.6 Å². The number of imide groups is 2. The Labute approximate surface area is 167 Å². The number of hydrazine groups is 1. The Balaban J connectivity index is 2.14. The molecule has 1 saturated heterocycles. The van der Waals surface area contributed by atoms with E-state index in [-0.39, 0.29) is 29.0 Å². The zero-order valence-electron chi connectivity index (χ0n) is 15.5. The summed E-state index contributed by atoms with van der Waals surface area (Å²) in [7, 11) is 0. The second-order valence-corrected chi connectivity index (χ2v) is 6.89. The summed E-state index contributed by atoms with van der Waals surface area (Å²) in [6.07, 6.45) is 0.345. The zero-order chi connectivity index (χ0) is 20.5. The summed E-state index contributed by atoms with van der Waals surface area (Å²) < 4.78 is 0. The lowest BCUT2D eigenvalue weighted by molar-refractivity contribution is -0.138. The van der Waals surface area contributed by atoms with Gasteiger partial charge in [-0.2, -0.15) is 10.0 Å². The van der Waals surface area contributed by atoms with E-state index in [9.17, 15) is 19.2 Å². The number of halogens is 1. The molecule has 2 aromatic rings. The summed E-state index contributed by atoms with van der Waals surface area (Å²) in [5, 5.41) is 1.44. The topological polar surface area (TPSA) is 74.8 Å². The first-order valence-electron chi connectivity index (χ1n) is 8.96. The average Bonchev–Trinajstić information content (AvgIpc) is 2.94. The van der Waals surface area contributed by atoms with Crippen LogP contribution in [0.2, 0.25) is 5.02 Å². The van der Waals surface area contributed by atoms with Gasteiger partial charge in [0.1, 0.15) is 5.41 Å². The van der Waals surface area contributed by atoms with Crippen molar-refractivity contribution in [1.29, 1.82) is 0 Å². The van der Waals surface area contributed by atoms with Crippen molar-refractivity contribution >= 4 is 35.2 Å². The van der Waals surface area contributed by atoms with E-state index in [1.165, 1.54) is 24.3 Å². The summed E-state index contributed by atoms with van der Waals surface area (Å²) >= 11 is 6.12. The number of carbonyl (C=O) groups excluding carboxylic acids is 4. The van der Waals surface area contributed by atoms with Gasteiger partial charge < -0.3 is 0 Å². The number of benzene rings is 2. The average molecular weight is 399 g/mol. The molecular formula is C21H19ClN2O4. The lowest BCUT2D eigenvalue weighted by atomic mass is 9.81. The summed E-state index contributed by atoms with van der Waals surface area (Å²) in [5.74, 6) is -2.95. The van der Waals surface area contributed by atoms with Crippen molar-refractivity contribution in [3.63, 3.8) is 0 Å². The van der Waals surface area contributed by atoms with Crippen LogP contribution in [0, 0.1) is 5.41 Å². The fourth-order valence-electron chi connectivity index (χ4n) is 3.35. The van der Waals surface area contributed by atoms with Crippen molar-refractivity contribution in [1.82, 2.24) is 10.0 Å². The Morgan fingerprint density at radius 1 is 0.821 bits per heavy atom. The third-order valence-corrected chi connectivity index (χ3v) is 5.45. The highest BCUT2D eigenvalue weighted by molar-refractivity contribution is 6.35. The Morgan fingerprint density at radius 2 is 1.32 bits per heavy atom. The van der Waals surface area contributed by atoms with Crippen LogP contribution in [0.15, 0.2) is 54.6 Å². The van der Waals surface area contributed by atoms with Crippen molar-refractivity contribution in [2.75, 3.05) is 0 Å². The molecule has 4 amide bonds. The first-order chi connectivity index (χ1) is 13.4. The van der Waals surface area contributed by atoms with Crippen LogP contribution in [0.5, 0.6) is 0 Å². The highest BCUT2D eigenvalue weighted by Gasteiger charge is 2.60. The Morgan fingerprint density at radius 3 is 1.86 bits per heavy atom. The third-order valence-electron chi connectivity index (χ3n) is 5.12. The maximum absolute atomic E-state index is 13.2. The number of hydrogen-bond acceptors (Lipinski definition) is 4. The predicted octanol–water partition coefficient (Wildman–Crippen LogP) is 3.71. The molecule has 0 N–H and O–H groups in total. The first kappa shape index (κ1) is 19.8. The minimum Gasteiger partial charge on any atom is -0.271 e. The predicted molar refractivity (Wildman–Crippen MR) is 103 cm³/mol. The molecule has 7 heteroatoms. The van der Waals surface area contributed by atoms with Crippen LogP contribution in [0.4, 0.5) is 0 Å². The molecule has 0 spiro atoms. The molecule has 0 atom stereocenters. The van der Waals surface area contributed by atoms with E-state index >= 15 is 0 Å². The van der Waals surface area contributed by atoms with Crippen molar-refractivity contribution in [3.8, 4) is 0 Å². The summed E-state index contributed by atoms with van der Waals surface area (Å²) in [6.45, 7) is 3.38. The molecular weight excluding hydrogens is 380 g/mol. The van der Waals surface area contributed by atoms with Crippen molar-refractivity contribution in [2.45, 2.75) is 26.7 Å². The molecule has 1 aliphatic rings. The van der Waals surface area contributed by atoms with E-state index in [2.05, 4.69) is 0 Å². The maximum Gasteiger partial charge on any atom is 0.281 e. The number of carbonyl (C=O) groups is 4. The molecule has 2 aromatic carbocycles. The van der Waals surface area contributed by atoms with E-state index in [1.807, 2.05) is 0 Å². The molecule has 1 fully saturated rings. The van der Waals surface area contributed by atoms with Crippen LogP contribution in [0.3, 0.4) is 0 Å².